The predicted molar refractivity (Wildman–Crippen MR) is 85.8 cm³/mol. The van der Waals surface area contributed by atoms with Gasteiger partial charge in [-0.25, -0.2) is 0 Å². The lowest BCUT2D eigenvalue weighted by Gasteiger charge is -2.29. The van der Waals surface area contributed by atoms with Gasteiger partial charge in [0, 0.05) is 37.6 Å². The Bertz CT molecular complexity index is 464. The zero-order valence-electron chi connectivity index (χ0n) is 13.0. The van der Waals surface area contributed by atoms with Crippen molar-refractivity contribution in [3.8, 4) is 0 Å². The number of likely N-dealkylation sites (N-methyl/N-ethyl adjacent to an activating group) is 1. The molecule has 1 aliphatic carbocycles. The number of aromatic nitrogens is 1. The van der Waals surface area contributed by atoms with Crippen LogP contribution in [-0.2, 0) is 4.79 Å². The van der Waals surface area contributed by atoms with E-state index in [0.717, 1.165) is 31.5 Å². The second-order valence-electron chi connectivity index (χ2n) is 5.89. The number of hydrogen-bond donors (Lipinski definition) is 0. The first-order chi connectivity index (χ1) is 10.2. The van der Waals surface area contributed by atoms with Crippen LogP contribution in [0.15, 0.2) is 30.6 Å². The molecule has 0 saturated heterocycles. The molecular weight excluding hydrogens is 262 g/mol. The lowest BCUT2D eigenvalue weighted by molar-refractivity contribution is -0.128. The Labute approximate surface area is 127 Å². The highest BCUT2D eigenvalue weighted by Crippen LogP contribution is 2.23. The van der Waals surface area contributed by atoms with Crippen LogP contribution >= 0.6 is 0 Å². The quantitative estimate of drug-likeness (QED) is 0.754. The Morgan fingerprint density at radius 2 is 1.90 bits per heavy atom. The molecule has 1 heterocycles. The minimum Gasteiger partial charge on any atom is -0.335 e. The van der Waals surface area contributed by atoms with Crippen molar-refractivity contribution in [1.82, 2.24) is 14.8 Å². The monoisotopic (exact) mass is 287 g/mol. The van der Waals surface area contributed by atoms with Crippen molar-refractivity contribution in [1.29, 1.82) is 0 Å². The molecule has 4 heteroatoms. The van der Waals surface area contributed by atoms with Gasteiger partial charge in [0.15, 0.2) is 0 Å². The van der Waals surface area contributed by atoms with E-state index in [2.05, 4.69) is 9.88 Å². The summed E-state index contributed by atoms with van der Waals surface area (Å²) in [7, 11) is 4.09. The summed E-state index contributed by atoms with van der Waals surface area (Å²) in [5.41, 5.74) is 1.01. The third-order valence-electron chi connectivity index (χ3n) is 3.96. The number of pyridine rings is 1. The molecule has 0 spiro atoms. The standard InChI is InChI=1S/C17H25N3O/c1-19(2)13-14-20(16-5-3-4-6-16)17(21)8-7-15-9-11-18-12-10-15/h7-12,16H,3-6,13-14H2,1-2H3. The average molecular weight is 287 g/mol. The number of nitrogens with zero attached hydrogens (tertiary/aromatic N) is 3. The van der Waals surface area contributed by atoms with Crippen molar-refractivity contribution in [3.05, 3.63) is 36.2 Å². The first-order valence-corrected chi connectivity index (χ1v) is 7.70. The molecule has 0 N–H and O–H groups in total. The van der Waals surface area contributed by atoms with Gasteiger partial charge in [-0.1, -0.05) is 12.8 Å². The molecule has 4 nitrogen and oxygen atoms in total. The van der Waals surface area contributed by atoms with E-state index in [4.69, 9.17) is 0 Å². The van der Waals surface area contributed by atoms with Crippen LogP contribution in [0, 0.1) is 0 Å². The van der Waals surface area contributed by atoms with Crippen molar-refractivity contribution in [3.63, 3.8) is 0 Å². The van der Waals surface area contributed by atoms with E-state index in [1.54, 1.807) is 18.5 Å². The normalized spacial score (nSPS) is 16.0. The summed E-state index contributed by atoms with van der Waals surface area (Å²) in [4.78, 5) is 20.7. The van der Waals surface area contributed by atoms with Crippen LogP contribution < -0.4 is 0 Å². The summed E-state index contributed by atoms with van der Waals surface area (Å²) in [5.74, 6) is 0.126. The summed E-state index contributed by atoms with van der Waals surface area (Å²) in [5, 5.41) is 0. The molecular formula is C17H25N3O. The molecule has 1 fully saturated rings. The number of rotatable bonds is 6. The maximum Gasteiger partial charge on any atom is 0.246 e. The highest BCUT2D eigenvalue weighted by Gasteiger charge is 2.25. The van der Waals surface area contributed by atoms with E-state index in [-0.39, 0.29) is 5.91 Å². The smallest absolute Gasteiger partial charge is 0.246 e. The lowest BCUT2D eigenvalue weighted by atomic mass is 10.2. The Morgan fingerprint density at radius 1 is 1.24 bits per heavy atom. The number of amides is 1. The molecule has 1 aromatic heterocycles. The SMILES string of the molecule is CN(C)CCN(C(=O)C=Cc1ccncc1)C1CCCC1. The molecule has 0 aliphatic heterocycles. The maximum absolute atomic E-state index is 12.5. The topological polar surface area (TPSA) is 36.4 Å². The van der Waals surface area contributed by atoms with Crippen LogP contribution in [0.25, 0.3) is 6.08 Å². The number of carbonyl (C=O) groups is 1. The Kier molecular flexibility index (Phi) is 5.93. The van der Waals surface area contributed by atoms with Gasteiger partial charge in [-0.05, 0) is 50.7 Å². The molecule has 1 amide bonds. The van der Waals surface area contributed by atoms with Crippen LogP contribution in [0.3, 0.4) is 0 Å². The zero-order valence-corrected chi connectivity index (χ0v) is 13.0. The van der Waals surface area contributed by atoms with Gasteiger partial charge in [-0.3, -0.25) is 9.78 Å². The van der Waals surface area contributed by atoms with Crippen LogP contribution in [-0.4, -0.2) is 53.9 Å². The van der Waals surface area contributed by atoms with Crippen molar-refractivity contribution in [2.45, 2.75) is 31.7 Å². The van der Waals surface area contributed by atoms with Crippen molar-refractivity contribution < 1.29 is 4.79 Å². The first kappa shape index (κ1) is 15.7. The third kappa shape index (κ3) is 4.97. The zero-order chi connectivity index (χ0) is 15.1. The van der Waals surface area contributed by atoms with Crippen LogP contribution in [0.5, 0.6) is 0 Å². The number of hydrogen-bond acceptors (Lipinski definition) is 3. The first-order valence-electron chi connectivity index (χ1n) is 7.70. The summed E-state index contributed by atoms with van der Waals surface area (Å²) in [6, 6.07) is 4.23. The minimum absolute atomic E-state index is 0.126. The summed E-state index contributed by atoms with van der Waals surface area (Å²) >= 11 is 0. The third-order valence-corrected chi connectivity index (χ3v) is 3.96. The molecule has 0 aromatic carbocycles. The number of carbonyl (C=O) groups excluding carboxylic acids is 1. The van der Waals surface area contributed by atoms with Crippen molar-refractivity contribution in [2.75, 3.05) is 27.2 Å². The highest BCUT2D eigenvalue weighted by atomic mass is 16.2. The van der Waals surface area contributed by atoms with Gasteiger partial charge in [-0.15, -0.1) is 0 Å². The Morgan fingerprint density at radius 3 is 2.52 bits per heavy atom. The van der Waals surface area contributed by atoms with Gasteiger partial charge in [0.2, 0.25) is 5.91 Å². The fourth-order valence-corrected chi connectivity index (χ4v) is 2.73. The summed E-state index contributed by atoms with van der Waals surface area (Å²) in [6.07, 6.45) is 11.8. The second-order valence-corrected chi connectivity index (χ2v) is 5.89. The second kappa shape index (κ2) is 7.93. The molecule has 0 radical (unpaired) electrons. The lowest BCUT2D eigenvalue weighted by Crippen LogP contribution is -2.41. The van der Waals surface area contributed by atoms with Gasteiger partial charge in [0.25, 0.3) is 0 Å². The molecule has 2 rings (SSSR count). The predicted octanol–water partition coefficient (Wildman–Crippen LogP) is 2.43. The largest absolute Gasteiger partial charge is 0.335 e. The van der Waals surface area contributed by atoms with E-state index < -0.39 is 0 Å². The van der Waals surface area contributed by atoms with E-state index >= 15 is 0 Å². The fraction of sp³-hybridized carbons (Fsp3) is 0.529. The highest BCUT2D eigenvalue weighted by molar-refractivity contribution is 5.92. The molecule has 1 aliphatic rings. The molecule has 21 heavy (non-hydrogen) atoms. The fourth-order valence-electron chi connectivity index (χ4n) is 2.73. The minimum atomic E-state index is 0.126. The van der Waals surface area contributed by atoms with E-state index in [9.17, 15) is 4.79 Å². The summed E-state index contributed by atoms with van der Waals surface area (Å²) in [6.45, 7) is 1.71. The van der Waals surface area contributed by atoms with Crippen LogP contribution in [0.4, 0.5) is 0 Å². The summed E-state index contributed by atoms with van der Waals surface area (Å²) < 4.78 is 0. The van der Waals surface area contributed by atoms with Gasteiger partial charge < -0.3 is 9.80 Å². The van der Waals surface area contributed by atoms with Crippen molar-refractivity contribution >= 4 is 12.0 Å². The van der Waals surface area contributed by atoms with E-state index in [1.807, 2.05) is 37.2 Å². The van der Waals surface area contributed by atoms with Gasteiger partial charge in [0.1, 0.15) is 0 Å². The van der Waals surface area contributed by atoms with Gasteiger partial charge in [0.05, 0.1) is 0 Å². The van der Waals surface area contributed by atoms with E-state index in [0.29, 0.717) is 6.04 Å². The molecule has 0 atom stereocenters. The van der Waals surface area contributed by atoms with Gasteiger partial charge in [-0.2, -0.15) is 0 Å². The average Bonchev–Trinajstić information content (AvgIpc) is 3.00. The van der Waals surface area contributed by atoms with Gasteiger partial charge >= 0.3 is 0 Å². The maximum atomic E-state index is 12.5. The molecule has 0 unspecified atom stereocenters. The molecule has 114 valence electrons. The van der Waals surface area contributed by atoms with Crippen LogP contribution in [0.2, 0.25) is 0 Å². The molecule has 0 bridgehead atoms. The Hall–Kier alpha value is -1.68. The van der Waals surface area contributed by atoms with E-state index in [1.165, 1.54) is 12.8 Å². The Balaban J connectivity index is 2.01. The van der Waals surface area contributed by atoms with Crippen molar-refractivity contribution in [2.24, 2.45) is 0 Å². The molecule has 1 saturated carbocycles. The van der Waals surface area contributed by atoms with Crippen LogP contribution in [0.1, 0.15) is 31.2 Å². The molecule has 1 aromatic rings.